The fourth-order valence-corrected chi connectivity index (χ4v) is 3.79. The second-order valence-corrected chi connectivity index (χ2v) is 9.06. The van der Waals surface area contributed by atoms with E-state index in [1.54, 1.807) is 29.7 Å². The monoisotopic (exact) mass is 424 g/mol. The highest BCUT2D eigenvalue weighted by atomic mass is 16.6. The molecule has 2 fully saturated rings. The fourth-order valence-electron chi connectivity index (χ4n) is 3.79. The molecule has 9 nitrogen and oxygen atoms in total. The number of amides is 2. The van der Waals surface area contributed by atoms with Crippen molar-refractivity contribution < 1.29 is 14.3 Å². The fraction of sp³-hybridized carbons (Fsp3) is 0.545. The molecule has 164 valence electrons. The molecule has 4 rings (SSSR count). The number of nitrogens with zero attached hydrogens (tertiary/aromatic N) is 6. The van der Waals surface area contributed by atoms with E-state index in [9.17, 15) is 9.59 Å². The first-order valence-electron chi connectivity index (χ1n) is 10.7. The second-order valence-electron chi connectivity index (χ2n) is 9.06. The Labute approximate surface area is 181 Å². The number of carbonyl (C=O) groups is 2. The highest BCUT2D eigenvalue weighted by Gasteiger charge is 2.40. The van der Waals surface area contributed by atoms with Crippen LogP contribution in [0.1, 0.15) is 56.8 Å². The summed E-state index contributed by atoms with van der Waals surface area (Å²) < 4.78 is 5.48. The molecule has 2 aliphatic rings. The largest absolute Gasteiger partial charge is 0.444 e. The van der Waals surface area contributed by atoms with E-state index >= 15 is 0 Å². The van der Waals surface area contributed by atoms with E-state index in [0.29, 0.717) is 30.0 Å². The van der Waals surface area contributed by atoms with Crippen molar-refractivity contribution in [2.24, 2.45) is 0 Å². The third-order valence-electron chi connectivity index (χ3n) is 5.40. The minimum Gasteiger partial charge on any atom is -0.444 e. The van der Waals surface area contributed by atoms with E-state index in [2.05, 4.69) is 19.9 Å². The molecule has 0 N–H and O–H groups in total. The minimum absolute atomic E-state index is 0.0471. The zero-order valence-electron chi connectivity index (χ0n) is 18.2. The lowest BCUT2D eigenvalue weighted by atomic mass is 10.0. The van der Waals surface area contributed by atoms with Crippen LogP contribution in [0.25, 0.3) is 11.4 Å². The molecule has 0 aromatic carbocycles. The molecule has 31 heavy (non-hydrogen) atoms. The summed E-state index contributed by atoms with van der Waals surface area (Å²) in [6, 6.07) is 0.355. The molecule has 9 heteroatoms. The SMILES string of the molecule is CC(C)(C)OC(=O)N1CCC(N(C(=O)c2cnc(-c3cncnc3)nc2)C2CC2)CC1. The van der Waals surface area contributed by atoms with Gasteiger partial charge in [-0.25, -0.2) is 24.7 Å². The van der Waals surface area contributed by atoms with E-state index in [1.807, 2.05) is 25.7 Å². The number of hydrogen-bond acceptors (Lipinski definition) is 7. The summed E-state index contributed by atoms with van der Waals surface area (Å²) in [7, 11) is 0. The van der Waals surface area contributed by atoms with Crippen molar-refractivity contribution in [3.63, 3.8) is 0 Å². The van der Waals surface area contributed by atoms with Crippen LogP contribution < -0.4 is 0 Å². The summed E-state index contributed by atoms with van der Waals surface area (Å²) in [5.74, 6) is 0.440. The summed E-state index contributed by atoms with van der Waals surface area (Å²) in [6.07, 6.45) is 11.1. The third kappa shape index (κ3) is 5.15. The first-order valence-corrected chi connectivity index (χ1v) is 10.7. The van der Waals surface area contributed by atoms with Crippen LogP contribution in [-0.2, 0) is 4.74 Å². The summed E-state index contributed by atoms with van der Waals surface area (Å²) in [5.41, 5.74) is 0.666. The Bertz CT molecular complexity index is 917. The topological polar surface area (TPSA) is 101 Å². The van der Waals surface area contributed by atoms with Gasteiger partial charge in [-0.05, 0) is 46.5 Å². The van der Waals surface area contributed by atoms with Gasteiger partial charge in [-0.3, -0.25) is 4.79 Å². The standard InChI is InChI=1S/C22H28N6O3/c1-22(2,3)31-21(30)27-8-6-18(7-9-27)28(17-4-5-17)20(29)16-12-25-19(26-13-16)15-10-23-14-24-11-15/h10-14,17-18H,4-9H2,1-3H3. The van der Waals surface area contributed by atoms with Crippen LogP contribution >= 0.6 is 0 Å². The second kappa shape index (κ2) is 8.56. The van der Waals surface area contributed by atoms with Crippen molar-refractivity contribution in [1.82, 2.24) is 29.7 Å². The van der Waals surface area contributed by atoms with Crippen molar-refractivity contribution in [1.29, 1.82) is 0 Å². The van der Waals surface area contributed by atoms with Crippen LogP contribution in [-0.4, -0.2) is 72.5 Å². The van der Waals surface area contributed by atoms with Crippen molar-refractivity contribution in [2.45, 2.75) is 64.1 Å². The Morgan fingerprint density at radius 3 is 2.10 bits per heavy atom. The lowest BCUT2D eigenvalue weighted by Crippen LogP contribution is -2.50. The van der Waals surface area contributed by atoms with E-state index in [0.717, 1.165) is 25.7 Å². The molecule has 3 heterocycles. The number of rotatable bonds is 4. The normalized spacial score (nSPS) is 17.3. The molecule has 2 aromatic rings. The maximum absolute atomic E-state index is 13.3. The highest BCUT2D eigenvalue weighted by molar-refractivity contribution is 5.94. The van der Waals surface area contributed by atoms with Gasteiger partial charge in [0.15, 0.2) is 5.82 Å². The van der Waals surface area contributed by atoms with Gasteiger partial charge in [0.05, 0.1) is 11.1 Å². The van der Waals surface area contributed by atoms with Gasteiger partial charge in [0.2, 0.25) is 0 Å². The molecule has 1 aliphatic heterocycles. The maximum Gasteiger partial charge on any atom is 0.410 e. The van der Waals surface area contributed by atoms with E-state index in [-0.39, 0.29) is 24.1 Å². The van der Waals surface area contributed by atoms with Crippen LogP contribution in [0, 0.1) is 0 Å². The number of likely N-dealkylation sites (tertiary alicyclic amines) is 1. The molecule has 1 saturated heterocycles. The smallest absolute Gasteiger partial charge is 0.410 e. The maximum atomic E-state index is 13.3. The predicted octanol–water partition coefficient (Wildman–Crippen LogP) is 2.94. The van der Waals surface area contributed by atoms with E-state index < -0.39 is 5.60 Å². The number of piperidine rings is 1. The van der Waals surface area contributed by atoms with Gasteiger partial charge < -0.3 is 14.5 Å². The molecule has 1 saturated carbocycles. The average molecular weight is 425 g/mol. The predicted molar refractivity (Wildman–Crippen MR) is 113 cm³/mol. The van der Waals surface area contributed by atoms with Gasteiger partial charge in [-0.15, -0.1) is 0 Å². The van der Waals surface area contributed by atoms with Gasteiger partial charge in [0.25, 0.3) is 5.91 Å². The van der Waals surface area contributed by atoms with Gasteiger partial charge in [0.1, 0.15) is 11.9 Å². The Hall–Kier alpha value is -3.10. The molecule has 0 spiro atoms. The number of aromatic nitrogens is 4. The van der Waals surface area contributed by atoms with Crippen LogP contribution in [0.15, 0.2) is 31.1 Å². The summed E-state index contributed by atoms with van der Waals surface area (Å²) in [5, 5.41) is 0. The molecule has 0 bridgehead atoms. The van der Waals surface area contributed by atoms with Crippen LogP contribution in [0.5, 0.6) is 0 Å². The van der Waals surface area contributed by atoms with Crippen molar-refractivity contribution in [3.8, 4) is 11.4 Å². The molecular weight excluding hydrogens is 396 g/mol. The molecule has 0 radical (unpaired) electrons. The van der Waals surface area contributed by atoms with Crippen LogP contribution in [0.2, 0.25) is 0 Å². The van der Waals surface area contributed by atoms with Gasteiger partial charge >= 0.3 is 6.09 Å². The van der Waals surface area contributed by atoms with Crippen molar-refractivity contribution in [2.75, 3.05) is 13.1 Å². The molecule has 2 amide bonds. The molecular formula is C22H28N6O3. The Morgan fingerprint density at radius 1 is 0.968 bits per heavy atom. The molecule has 0 unspecified atom stereocenters. The quantitative estimate of drug-likeness (QED) is 0.744. The van der Waals surface area contributed by atoms with Crippen LogP contribution in [0.3, 0.4) is 0 Å². The Balaban J connectivity index is 1.41. The number of carbonyl (C=O) groups excluding carboxylic acids is 2. The van der Waals surface area contributed by atoms with Crippen molar-refractivity contribution in [3.05, 3.63) is 36.7 Å². The summed E-state index contributed by atoms with van der Waals surface area (Å²) in [4.78, 5) is 46.0. The average Bonchev–Trinajstić information content (AvgIpc) is 3.59. The molecule has 2 aromatic heterocycles. The third-order valence-corrected chi connectivity index (χ3v) is 5.40. The van der Waals surface area contributed by atoms with E-state index in [4.69, 9.17) is 4.74 Å². The van der Waals surface area contributed by atoms with Crippen LogP contribution in [0.4, 0.5) is 4.79 Å². The molecule has 0 atom stereocenters. The lowest BCUT2D eigenvalue weighted by molar-refractivity contribution is 0.0142. The minimum atomic E-state index is -0.512. The van der Waals surface area contributed by atoms with Gasteiger partial charge in [-0.2, -0.15) is 0 Å². The van der Waals surface area contributed by atoms with Gasteiger partial charge in [-0.1, -0.05) is 0 Å². The number of ether oxygens (including phenoxy) is 1. The first kappa shape index (κ1) is 21.1. The zero-order chi connectivity index (χ0) is 22.0. The Kier molecular flexibility index (Phi) is 5.84. The molecule has 1 aliphatic carbocycles. The Morgan fingerprint density at radius 2 is 1.55 bits per heavy atom. The summed E-state index contributed by atoms with van der Waals surface area (Å²) >= 11 is 0. The first-order chi connectivity index (χ1) is 14.8. The highest BCUT2D eigenvalue weighted by Crippen LogP contribution is 2.33. The van der Waals surface area contributed by atoms with E-state index in [1.165, 1.54) is 6.33 Å². The lowest BCUT2D eigenvalue weighted by Gasteiger charge is -2.39. The number of hydrogen-bond donors (Lipinski definition) is 0. The zero-order valence-corrected chi connectivity index (χ0v) is 18.2. The summed E-state index contributed by atoms with van der Waals surface area (Å²) in [6.45, 7) is 6.76. The van der Waals surface area contributed by atoms with Crippen molar-refractivity contribution >= 4 is 12.0 Å². The van der Waals surface area contributed by atoms with Gasteiger partial charge in [0, 0.05) is 50.0 Å².